The number of fused-ring (bicyclic) bond motifs is 1. The molecule has 0 spiro atoms. The van der Waals surface area contributed by atoms with Crippen LogP contribution in [0.15, 0.2) is 18.2 Å². The van der Waals surface area contributed by atoms with E-state index in [0.717, 1.165) is 12.1 Å². The molecule has 0 bridgehead atoms. The summed E-state index contributed by atoms with van der Waals surface area (Å²) < 4.78 is 2.00. The lowest BCUT2D eigenvalue weighted by Gasteiger charge is -2.31. The van der Waals surface area contributed by atoms with Crippen molar-refractivity contribution in [3.05, 3.63) is 40.7 Å². The average Bonchev–Trinajstić information content (AvgIpc) is 2.71. The van der Waals surface area contributed by atoms with Gasteiger partial charge in [0.05, 0.1) is 5.69 Å². The molecule has 0 saturated carbocycles. The molecule has 1 aliphatic carbocycles. The predicted molar refractivity (Wildman–Crippen MR) is 87.6 cm³/mol. The van der Waals surface area contributed by atoms with E-state index >= 15 is 0 Å². The molecule has 1 aliphatic rings. The van der Waals surface area contributed by atoms with E-state index in [1.54, 1.807) is 0 Å². The Hall–Kier alpha value is -1.61. The Kier molecular flexibility index (Phi) is 3.62. The highest BCUT2D eigenvalue weighted by molar-refractivity contribution is 5.73. The Morgan fingerprint density at radius 1 is 1.24 bits per heavy atom. The maximum atomic E-state index is 4.59. The number of hydrogen-bond acceptors (Lipinski definition) is 2. The monoisotopic (exact) mass is 283 g/mol. The Labute approximate surface area is 127 Å². The normalized spacial score (nSPS) is 18.1. The van der Waals surface area contributed by atoms with Crippen LogP contribution in [0.25, 0.3) is 11.1 Å². The fraction of sp³-hybridized carbons (Fsp3) is 0.500. The third kappa shape index (κ3) is 2.40. The van der Waals surface area contributed by atoms with Crippen LogP contribution in [-0.2, 0) is 19.9 Å². The highest BCUT2D eigenvalue weighted by Gasteiger charge is 2.24. The Morgan fingerprint density at radius 2 is 2.00 bits per heavy atom. The summed E-state index contributed by atoms with van der Waals surface area (Å²) in [4.78, 5) is 2.36. The average molecular weight is 283 g/mol. The number of benzene rings is 1. The number of likely N-dealkylation sites (N-methyl/N-ethyl adjacent to an activating group) is 1. The van der Waals surface area contributed by atoms with Gasteiger partial charge in [0.1, 0.15) is 0 Å². The third-order valence-electron chi connectivity index (χ3n) is 4.96. The van der Waals surface area contributed by atoms with Crippen molar-refractivity contribution in [2.45, 2.75) is 39.2 Å². The van der Waals surface area contributed by atoms with E-state index in [4.69, 9.17) is 0 Å². The molecule has 1 atom stereocenters. The highest BCUT2D eigenvalue weighted by atomic mass is 15.3. The molecule has 0 saturated heterocycles. The first kappa shape index (κ1) is 14.3. The molecule has 0 aliphatic heterocycles. The van der Waals surface area contributed by atoms with Crippen LogP contribution in [0.4, 0.5) is 0 Å². The number of nitrogens with zero attached hydrogens (tertiary/aromatic N) is 3. The second-order valence-corrected chi connectivity index (χ2v) is 6.47. The molecular weight excluding hydrogens is 258 g/mol. The van der Waals surface area contributed by atoms with E-state index in [1.807, 2.05) is 11.7 Å². The number of rotatable bonds is 2. The van der Waals surface area contributed by atoms with Crippen LogP contribution in [0.3, 0.4) is 0 Å². The van der Waals surface area contributed by atoms with E-state index in [9.17, 15) is 0 Å². The Balaban J connectivity index is 2.09. The van der Waals surface area contributed by atoms with Crippen molar-refractivity contribution < 1.29 is 0 Å². The molecule has 0 N–H and O–H groups in total. The molecule has 3 rings (SSSR count). The van der Waals surface area contributed by atoms with Gasteiger partial charge in [-0.3, -0.25) is 4.68 Å². The fourth-order valence-electron chi connectivity index (χ4n) is 3.63. The predicted octanol–water partition coefficient (Wildman–Crippen LogP) is 3.12. The summed E-state index contributed by atoms with van der Waals surface area (Å²) in [6.45, 7) is 4.29. The quantitative estimate of drug-likeness (QED) is 0.844. The second kappa shape index (κ2) is 5.30. The minimum Gasteiger partial charge on any atom is -0.306 e. The highest BCUT2D eigenvalue weighted by Crippen LogP contribution is 2.35. The zero-order valence-corrected chi connectivity index (χ0v) is 13.8. The van der Waals surface area contributed by atoms with Gasteiger partial charge >= 0.3 is 0 Å². The topological polar surface area (TPSA) is 21.1 Å². The molecule has 0 amide bonds. The zero-order valence-electron chi connectivity index (χ0n) is 13.8. The van der Waals surface area contributed by atoms with Gasteiger partial charge in [0.15, 0.2) is 0 Å². The molecule has 112 valence electrons. The SMILES string of the molecule is Cc1nn(C)c(C)c1-c1cccc2c1CC[C@H](N(C)C)C2. The van der Waals surface area contributed by atoms with Gasteiger partial charge in [-0.1, -0.05) is 18.2 Å². The standard InChI is InChI=1S/C18H25N3/c1-12-18(13(2)21(5)19-12)17-8-6-7-14-11-15(20(3)4)9-10-16(14)17/h6-8,15H,9-11H2,1-5H3/t15-/m0/s1. The summed E-state index contributed by atoms with van der Waals surface area (Å²) in [5.74, 6) is 0. The van der Waals surface area contributed by atoms with Crippen molar-refractivity contribution in [2.75, 3.05) is 14.1 Å². The smallest absolute Gasteiger partial charge is 0.0674 e. The van der Waals surface area contributed by atoms with Crippen LogP contribution in [-0.4, -0.2) is 34.8 Å². The number of aromatic nitrogens is 2. The molecule has 0 unspecified atom stereocenters. The zero-order chi connectivity index (χ0) is 15.1. The molecular formula is C18H25N3. The molecule has 1 heterocycles. The van der Waals surface area contributed by atoms with E-state index in [0.29, 0.717) is 6.04 Å². The van der Waals surface area contributed by atoms with Gasteiger partial charge in [-0.05, 0) is 63.9 Å². The minimum absolute atomic E-state index is 0.670. The van der Waals surface area contributed by atoms with Crippen molar-refractivity contribution in [3.63, 3.8) is 0 Å². The summed E-state index contributed by atoms with van der Waals surface area (Å²) in [5.41, 5.74) is 8.18. The molecule has 3 nitrogen and oxygen atoms in total. The molecule has 1 aromatic heterocycles. The number of hydrogen-bond donors (Lipinski definition) is 0. The summed E-state index contributed by atoms with van der Waals surface area (Å²) in [6.07, 6.45) is 3.58. The Morgan fingerprint density at radius 3 is 2.62 bits per heavy atom. The second-order valence-electron chi connectivity index (χ2n) is 6.47. The van der Waals surface area contributed by atoms with Gasteiger partial charge in [0, 0.05) is 24.3 Å². The fourth-order valence-corrected chi connectivity index (χ4v) is 3.63. The first-order chi connectivity index (χ1) is 9.99. The first-order valence-electron chi connectivity index (χ1n) is 7.76. The summed E-state index contributed by atoms with van der Waals surface area (Å²) in [5, 5.41) is 4.59. The Bertz CT molecular complexity index is 667. The largest absolute Gasteiger partial charge is 0.306 e. The van der Waals surface area contributed by atoms with Gasteiger partial charge in [-0.2, -0.15) is 5.10 Å². The van der Waals surface area contributed by atoms with Crippen LogP contribution in [0.1, 0.15) is 28.9 Å². The van der Waals surface area contributed by atoms with Crippen molar-refractivity contribution >= 4 is 0 Å². The number of aryl methyl sites for hydroxylation is 2. The van der Waals surface area contributed by atoms with Crippen LogP contribution < -0.4 is 0 Å². The molecule has 0 fully saturated rings. The summed E-state index contributed by atoms with van der Waals surface area (Å²) in [6, 6.07) is 7.45. The van der Waals surface area contributed by atoms with Gasteiger partial charge in [-0.25, -0.2) is 0 Å². The summed E-state index contributed by atoms with van der Waals surface area (Å²) >= 11 is 0. The van der Waals surface area contributed by atoms with Gasteiger partial charge in [0.2, 0.25) is 0 Å². The van der Waals surface area contributed by atoms with Crippen molar-refractivity contribution in [2.24, 2.45) is 7.05 Å². The van der Waals surface area contributed by atoms with Crippen molar-refractivity contribution in [1.82, 2.24) is 14.7 Å². The maximum Gasteiger partial charge on any atom is 0.0674 e. The lowest BCUT2D eigenvalue weighted by molar-refractivity contribution is 0.268. The molecule has 2 aromatic rings. The molecule has 0 radical (unpaired) electrons. The van der Waals surface area contributed by atoms with E-state index in [-0.39, 0.29) is 0 Å². The molecule has 3 heteroatoms. The van der Waals surface area contributed by atoms with Crippen LogP contribution >= 0.6 is 0 Å². The molecule has 1 aromatic carbocycles. The van der Waals surface area contributed by atoms with Crippen LogP contribution in [0.5, 0.6) is 0 Å². The third-order valence-corrected chi connectivity index (χ3v) is 4.96. The summed E-state index contributed by atoms with van der Waals surface area (Å²) in [7, 11) is 6.41. The lowest BCUT2D eigenvalue weighted by atomic mass is 9.83. The minimum atomic E-state index is 0.670. The van der Waals surface area contributed by atoms with Crippen molar-refractivity contribution in [1.29, 1.82) is 0 Å². The van der Waals surface area contributed by atoms with Gasteiger partial charge in [-0.15, -0.1) is 0 Å². The van der Waals surface area contributed by atoms with E-state index in [2.05, 4.69) is 56.1 Å². The van der Waals surface area contributed by atoms with Crippen LogP contribution in [0.2, 0.25) is 0 Å². The van der Waals surface area contributed by atoms with Gasteiger partial charge < -0.3 is 4.90 Å². The van der Waals surface area contributed by atoms with Crippen LogP contribution in [0, 0.1) is 13.8 Å². The maximum absolute atomic E-state index is 4.59. The lowest BCUT2D eigenvalue weighted by Crippen LogP contribution is -2.33. The molecule has 21 heavy (non-hydrogen) atoms. The van der Waals surface area contributed by atoms with Gasteiger partial charge in [0.25, 0.3) is 0 Å². The van der Waals surface area contributed by atoms with E-state index in [1.165, 1.54) is 40.8 Å². The first-order valence-corrected chi connectivity index (χ1v) is 7.76. The van der Waals surface area contributed by atoms with Crippen molar-refractivity contribution in [3.8, 4) is 11.1 Å². The van der Waals surface area contributed by atoms with E-state index < -0.39 is 0 Å².